The Hall–Kier alpha value is 3.25. The van der Waals surface area contributed by atoms with Gasteiger partial charge in [0.1, 0.15) is 0 Å². The Kier molecular flexibility index (Phi) is 4050. The second-order valence-electron chi connectivity index (χ2n) is 0. The Morgan fingerprint density at radius 2 is 0.455 bits per heavy atom. The van der Waals surface area contributed by atoms with Crippen molar-refractivity contribution in [3.63, 3.8) is 0 Å². The summed E-state index contributed by atoms with van der Waals surface area (Å²) in [7, 11) is 0. The van der Waals surface area contributed by atoms with Gasteiger partial charge in [-0.2, -0.15) is 0 Å². The Morgan fingerprint density at radius 1 is 0.455 bits per heavy atom. The van der Waals surface area contributed by atoms with E-state index in [1.165, 1.54) is 0 Å². The molecular weight excluding hydrogens is 338 g/mol. The molecule has 0 aromatic carbocycles. The molecule has 0 aromatic heterocycles. The maximum absolute atomic E-state index is 0. The monoisotopic (exact) mass is 338 g/mol. The molecule has 0 saturated carbocycles. The van der Waals surface area contributed by atoms with Crippen LogP contribution in [0.15, 0.2) is 0 Å². The van der Waals surface area contributed by atoms with Crippen molar-refractivity contribution in [2.24, 2.45) is 0 Å². The molecule has 0 aromatic rings. The number of rotatable bonds is 0. The third-order valence-corrected chi connectivity index (χ3v) is 0. The van der Waals surface area contributed by atoms with Crippen LogP contribution in [-0.4, -0.2) is 56.7 Å². The van der Waals surface area contributed by atoms with Crippen LogP contribution < -0.4 is 0 Å². The van der Waals surface area contributed by atoms with E-state index in [0.29, 0.717) is 0 Å². The van der Waals surface area contributed by atoms with Gasteiger partial charge in [-0.1, -0.05) is 0 Å². The van der Waals surface area contributed by atoms with E-state index < -0.39 is 0 Å². The van der Waals surface area contributed by atoms with Gasteiger partial charge in [-0.05, 0) is 0 Å². The zero-order valence-corrected chi connectivity index (χ0v) is 13.1. The predicted octanol–water partition coefficient (Wildman–Crippen LogP) is -0.162. The van der Waals surface area contributed by atoms with Crippen LogP contribution in [0.5, 0.6) is 0 Å². The summed E-state index contributed by atoms with van der Waals surface area (Å²) < 4.78 is 0. The molecule has 0 N–H and O–H groups in total. The average Bonchev–Trinajstić information content (AvgIpc) is 0. The zero-order valence-electron chi connectivity index (χ0n) is 4.94. The fourth-order valence-corrected chi connectivity index (χ4v) is 0. The Morgan fingerprint density at radius 3 is 0.455 bits per heavy atom. The van der Waals surface area contributed by atoms with Gasteiger partial charge >= 0.3 is 34.7 Å². The molecule has 0 spiro atoms. The van der Waals surface area contributed by atoms with Crippen LogP contribution in [0.1, 0.15) is 0 Å². The average molecular weight is 338 g/mol. The summed E-state index contributed by atoms with van der Waals surface area (Å²) in [6, 6.07) is 0. The minimum absolute atomic E-state index is 0. The minimum Gasteiger partial charge on any atom is -2.00 e. The smallest absolute Gasteiger partial charge is 2.00 e. The van der Waals surface area contributed by atoms with Crippen molar-refractivity contribution in [2.75, 3.05) is 0 Å². The maximum atomic E-state index is 0. The molecule has 0 bridgehead atoms. The van der Waals surface area contributed by atoms with Crippen molar-refractivity contribution in [1.82, 2.24) is 0 Å². The topological polar surface area (TPSA) is 85.5 Å². The van der Waals surface area contributed by atoms with Gasteiger partial charge in [0.15, 0.2) is 0 Å². The Bertz CT molecular complexity index is 25.3. The summed E-state index contributed by atoms with van der Waals surface area (Å²) in [5.74, 6) is 0. The Labute approximate surface area is 125 Å². The standard InChI is InChI=1S/2Al.2Co.3O.2P.2Si/q2*+3;;;3*-2;;;;. The summed E-state index contributed by atoms with van der Waals surface area (Å²) in [5, 5.41) is 0. The summed E-state index contributed by atoms with van der Waals surface area (Å²) in [6.07, 6.45) is 0. The zero-order chi connectivity index (χ0) is 0. The molecule has 0 amide bonds. The molecule has 11 heteroatoms. The first-order valence-electron chi connectivity index (χ1n) is 0. The van der Waals surface area contributed by atoms with Gasteiger partial charge in [0, 0.05) is 75.3 Å². The molecule has 0 aliphatic rings. The van der Waals surface area contributed by atoms with Crippen molar-refractivity contribution in [1.29, 1.82) is 0 Å². The first kappa shape index (κ1) is 237. The Balaban J connectivity index is 0. The van der Waals surface area contributed by atoms with Gasteiger partial charge in [0.2, 0.25) is 0 Å². The first-order chi connectivity index (χ1) is 0. The second-order valence-corrected chi connectivity index (χ2v) is 0. The SMILES string of the molecule is [Al+3].[Al+3].[Co].[Co].[O-2].[O-2].[O-2].[P].[P].[Si].[Si]. The van der Waals surface area contributed by atoms with Crippen LogP contribution in [0.4, 0.5) is 0 Å². The van der Waals surface area contributed by atoms with Crippen LogP contribution in [0.25, 0.3) is 0 Å². The largest absolute Gasteiger partial charge is 3.00 e. The van der Waals surface area contributed by atoms with Crippen LogP contribution in [0, 0.1) is 0 Å². The van der Waals surface area contributed by atoms with Crippen molar-refractivity contribution in [2.45, 2.75) is 0 Å². The molecule has 0 rings (SSSR count). The molecule has 3 nitrogen and oxygen atoms in total. The molecular formula is Al2Co2O3P2Si2. The summed E-state index contributed by atoms with van der Waals surface area (Å²) in [5.41, 5.74) is 0. The van der Waals surface area contributed by atoms with Crippen molar-refractivity contribution in [3.05, 3.63) is 0 Å². The molecule has 0 fully saturated rings. The normalized spacial score (nSPS) is 0. The van der Waals surface area contributed by atoms with E-state index in [1.807, 2.05) is 0 Å². The molecule has 16 radical (unpaired) electrons. The molecule has 60 valence electrons. The number of hydrogen-bond donors (Lipinski definition) is 0. The van der Waals surface area contributed by atoms with E-state index in [4.69, 9.17) is 0 Å². The van der Waals surface area contributed by atoms with Crippen molar-refractivity contribution < 1.29 is 50.0 Å². The molecule has 11 heavy (non-hydrogen) atoms. The van der Waals surface area contributed by atoms with Crippen LogP contribution >= 0.6 is 19.8 Å². The molecule has 0 saturated heterocycles. The van der Waals surface area contributed by atoms with E-state index in [2.05, 4.69) is 0 Å². The van der Waals surface area contributed by atoms with E-state index >= 15 is 0 Å². The van der Waals surface area contributed by atoms with E-state index in [9.17, 15) is 0 Å². The van der Waals surface area contributed by atoms with E-state index in [-0.39, 0.29) is 126 Å². The fraction of sp³-hybridized carbons (Fsp3) is 0. The summed E-state index contributed by atoms with van der Waals surface area (Å²) >= 11 is 0. The maximum Gasteiger partial charge on any atom is 3.00 e. The van der Waals surface area contributed by atoms with Gasteiger partial charge in [-0.15, -0.1) is 0 Å². The van der Waals surface area contributed by atoms with Crippen molar-refractivity contribution in [3.8, 4) is 0 Å². The summed E-state index contributed by atoms with van der Waals surface area (Å²) in [4.78, 5) is 0. The van der Waals surface area contributed by atoms with E-state index in [0.717, 1.165) is 0 Å². The van der Waals surface area contributed by atoms with Gasteiger partial charge in [-0.25, -0.2) is 0 Å². The molecule has 0 atom stereocenters. The second kappa shape index (κ2) is 188. The molecule has 0 heterocycles. The van der Waals surface area contributed by atoms with Gasteiger partial charge in [-0.3, -0.25) is 0 Å². The molecule has 0 aliphatic carbocycles. The van der Waals surface area contributed by atoms with Crippen LogP contribution in [-0.2, 0) is 50.0 Å². The van der Waals surface area contributed by atoms with Crippen molar-refractivity contribution >= 4 is 76.5 Å². The molecule has 0 aliphatic heterocycles. The summed E-state index contributed by atoms with van der Waals surface area (Å²) in [6.45, 7) is 0. The molecule has 0 unspecified atom stereocenters. The minimum atomic E-state index is 0. The quantitative estimate of drug-likeness (QED) is 0.434. The van der Waals surface area contributed by atoms with Gasteiger partial charge in [0.25, 0.3) is 0 Å². The predicted molar refractivity (Wildman–Crippen MR) is 38.9 cm³/mol. The van der Waals surface area contributed by atoms with Crippen LogP contribution in [0.3, 0.4) is 0 Å². The first-order valence-corrected chi connectivity index (χ1v) is 0. The van der Waals surface area contributed by atoms with Crippen LogP contribution in [0.2, 0.25) is 0 Å². The van der Waals surface area contributed by atoms with Gasteiger partial charge < -0.3 is 16.4 Å². The fourth-order valence-electron chi connectivity index (χ4n) is 0. The third kappa shape index (κ3) is 159. The van der Waals surface area contributed by atoms with E-state index in [1.54, 1.807) is 0 Å². The third-order valence-electron chi connectivity index (χ3n) is 0. The number of hydrogen-bond acceptors (Lipinski definition) is 0. The van der Waals surface area contributed by atoms with Gasteiger partial charge in [0.05, 0.1) is 0 Å².